The number of carbonyl (C=O) groups is 1. The summed E-state index contributed by atoms with van der Waals surface area (Å²) in [6.07, 6.45) is 1.50. The fraction of sp³-hybridized carbons (Fsp3) is 0.125. The Balaban J connectivity index is 2.78. The number of nitrogens with zero attached hydrogens (tertiary/aromatic N) is 2. The van der Waals surface area contributed by atoms with Gasteiger partial charge in [-0.1, -0.05) is 0 Å². The molecule has 2 heterocycles. The molecule has 2 aromatic rings. The van der Waals surface area contributed by atoms with Crippen molar-refractivity contribution in [3.63, 3.8) is 0 Å². The standard InChI is InChI=1S/C8H7N3O4/c12-6(13)4-10-7(14)5-2-1-3-11(5)9-8(10)15/h1-3H,4H2,(H,9,15)(H,12,13). The van der Waals surface area contributed by atoms with Crippen LogP contribution in [0.1, 0.15) is 0 Å². The Hall–Kier alpha value is -2.31. The third kappa shape index (κ3) is 1.43. The molecular weight excluding hydrogens is 202 g/mol. The lowest BCUT2D eigenvalue weighted by molar-refractivity contribution is -0.137. The Bertz CT molecular complexity index is 633. The number of fused-ring (bicyclic) bond motifs is 1. The quantitative estimate of drug-likeness (QED) is 0.654. The molecule has 7 heteroatoms. The first kappa shape index (κ1) is 9.25. The van der Waals surface area contributed by atoms with Gasteiger partial charge in [0.25, 0.3) is 5.56 Å². The van der Waals surface area contributed by atoms with Gasteiger partial charge in [-0.15, -0.1) is 0 Å². The molecule has 0 saturated carbocycles. The molecule has 2 N–H and O–H groups in total. The molecule has 0 aliphatic heterocycles. The molecule has 0 atom stereocenters. The van der Waals surface area contributed by atoms with Crippen molar-refractivity contribution >= 4 is 11.5 Å². The Labute approximate surface area is 82.2 Å². The Kier molecular flexibility index (Phi) is 1.93. The van der Waals surface area contributed by atoms with Gasteiger partial charge in [-0.3, -0.25) is 14.1 Å². The predicted octanol–water partition coefficient (Wildman–Crippen LogP) is -1.13. The van der Waals surface area contributed by atoms with E-state index in [1.54, 1.807) is 6.07 Å². The number of nitrogens with one attached hydrogen (secondary N) is 1. The van der Waals surface area contributed by atoms with Crippen LogP contribution in [0, 0.1) is 0 Å². The number of aromatic amines is 1. The number of carboxylic acid groups (broad SMARTS) is 1. The van der Waals surface area contributed by atoms with Crippen LogP contribution in [0.3, 0.4) is 0 Å². The minimum atomic E-state index is -1.24. The maximum Gasteiger partial charge on any atom is 0.344 e. The molecule has 0 saturated heterocycles. The lowest BCUT2D eigenvalue weighted by atomic mass is 10.5. The average Bonchev–Trinajstić information content (AvgIpc) is 2.59. The number of rotatable bonds is 2. The number of H-pyrrole nitrogens is 1. The van der Waals surface area contributed by atoms with E-state index in [2.05, 4.69) is 5.10 Å². The van der Waals surface area contributed by atoms with E-state index >= 15 is 0 Å². The zero-order valence-corrected chi connectivity index (χ0v) is 7.51. The summed E-state index contributed by atoms with van der Waals surface area (Å²) in [5.41, 5.74) is -1.13. The van der Waals surface area contributed by atoms with E-state index in [1.165, 1.54) is 16.8 Å². The van der Waals surface area contributed by atoms with E-state index in [0.717, 1.165) is 0 Å². The van der Waals surface area contributed by atoms with Crippen LogP contribution >= 0.6 is 0 Å². The molecule has 0 fully saturated rings. The highest BCUT2D eigenvalue weighted by Crippen LogP contribution is 1.92. The van der Waals surface area contributed by atoms with Crippen LogP contribution in [0.4, 0.5) is 0 Å². The SMILES string of the molecule is O=C(O)Cn1c(=O)[nH]n2cccc2c1=O. The molecule has 0 amide bonds. The first-order valence-electron chi connectivity index (χ1n) is 4.11. The van der Waals surface area contributed by atoms with Gasteiger partial charge < -0.3 is 5.11 Å². The highest BCUT2D eigenvalue weighted by atomic mass is 16.4. The van der Waals surface area contributed by atoms with Crippen LogP contribution in [0.25, 0.3) is 5.52 Å². The zero-order valence-electron chi connectivity index (χ0n) is 7.51. The van der Waals surface area contributed by atoms with E-state index in [9.17, 15) is 14.4 Å². The van der Waals surface area contributed by atoms with Gasteiger partial charge in [-0.2, -0.15) is 0 Å². The molecule has 0 spiro atoms. The molecule has 0 aliphatic rings. The lowest BCUT2D eigenvalue weighted by Crippen LogP contribution is -2.38. The monoisotopic (exact) mass is 209 g/mol. The van der Waals surface area contributed by atoms with Crippen molar-refractivity contribution in [2.24, 2.45) is 0 Å². The van der Waals surface area contributed by atoms with E-state index in [1.807, 2.05) is 0 Å². The van der Waals surface area contributed by atoms with Crippen LogP contribution < -0.4 is 11.2 Å². The van der Waals surface area contributed by atoms with Gasteiger partial charge >= 0.3 is 11.7 Å². The van der Waals surface area contributed by atoms with E-state index < -0.39 is 23.8 Å². The minimum Gasteiger partial charge on any atom is -0.480 e. The smallest absolute Gasteiger partial charge is 0.344 e. The normalized spacial score (nSPS) is 10.7. The van der Waals surface area contributed by atoms with E-state index in [4.69, 9.17) is 5.11 Å². The van der Waals surface area contributed by atoms with Gasteiger partial charge in [-0.05, 0) is 12.1 Å². The van der Waals surface area contributed by atoms with Gasteiger partial charge in [0.2, 0.25) is 0 Å². The molecule has 7 nitrogen and oxygen atoms in total. The van der Waals surface area contributed by atoms with E-state index in [0.29, 0.717) is 4.57 Å². The second-order valence-corrected chi connectivity index (χ2v) is 2.97. The summed E-state index contributed by atoms with van der Waals surface area (Å²) in [7, 11) is 0. The summed E-state index contributed by atoms with van der Waals surface area (Å²) >= 11 is 0. The molecule has 0 aliphatic carbocycles. The molecule has 2 rings (SSSR count). The van der Waals surface area contributed by atoms with Crippen molar-refractivity contribution in [2.75, 3.05) is 0 Å². The second kappa shape index (κ2) is 3.12. The summed E-state index contributed by atoms with van der Waals surface area (Å²) in [5, 5.41) is 10.9. The lowest BCUT2D eigenvalue weighted by Gasteiger charge is -2.01. The third-order valence-corrected chi connectivity index (χ3v) is 1.97. The largest absolute Gasteiger partial charge is 0.480 e. The number of hydrogen-bond donors (Lipinski definition) is 2. The summed E-state index contributed by atoms with van der Waals surface area (Å²) in [4.78, 5) is 33.3. The molecule has 0 aromatic carbocycles. The number of hydrogen-bond acceptors (Lipinski definition) is 3. The highest BCUT2D eigenvalue weighted by Gasteiger charge is 2.09. The molecule has 0 radical (unpaired) electrons. The highest BCUT2D eigenvalue weighted by molar-refractivity contribution is 5.66. The Morgan fingerprint density at radius 3 is 2.87 bits per heavy atom. The summed E-state index contributed by atoms with van der Waals surface area (Å²) < 4.78 is 1.89. The van der Waals surface area contributed by atoms with Crippen molar-refractivity contribution in [3.8, 4) is 0 Å². The third-order valence-electron chi connectivity index (χ3n) is 1.97. The maximum atomic E-state index is 11.6. The molecule has 0 unspecified atom stereocenters. The average molecular weight is 209 g/mol. The summed E-state index contributed by atoms with van der Waals surface area (Å²) in [5.74, 6) is -1.24. The first-order valence-corrected chi connectivity index (χ1v) is 4.11. The topological polar surface area (TPSA) is 96.6 Å². The van der Waals surface area contributed by atoms with Gasteiger partial charge in [-0.25, -0.2) is 14.5 Å². The van der Waals surface area contributed by atoms with Crippen molar-refractivity contribution in [1.82, 2.24) is 14.2 Å². The first-order chi connectivity index (χ1) is 7.09. The van der Waals surface area contributed by atoms with Crippen LogP contribution in [0.15, 0.2) is 27.9 Å². The minimum absolute atomic E-state index is 0.232. The van der Waals surface area contributed by atoms with Gasteiger partial charge in [0.15, 0.2) is 0 Å². The van der Waals surface area contributed by atoms with Crippen LogP contribution in [0.5, 0.6) is 0 Å². The predicted molar refractivity (Wildman–Crippen MR) is 49.9 cm³/mol. The van der Waals surface area contributed by atoms with Crippen LogP contribution in [0.2, 0.25) is 0 Å². The summed E-state index contributed by atoms with van der Waals surface area (Å²) in [6.45, 7) is -0.643. The fourth-order valence-electron chi connectivity index (χ4n) is 1.33. The zero-order chi connectivity index (χ0) is 11.0. The van der Waals surface area contributed by atoms with Crippen LogP contribution in [-0.2, 0) is 11.3 Å². The van der Waals surface area contributed by atoms with Crippen molar-refractivity contribution in [1.29, 1.82) is 0 Å². The molecule has 78 valence electrons. The Morgan fingerprint density at radius 2 is 2.20 bits per heavy atom. The fourth-order valence-corrected chi connectivity index (χ4v) is 1.33. The molecule has 0 bridgehead atoms. The van der Waals surface area contributed by atoms with Gasteiger partial charge in [0, 0.05) is 6.20 Å². The van der Waals surface area contributed by atoms with E-state index in [-0.39, 0.29) is 5.52 Å². The van der Waals surface area contributed by atoms with Gasteiger partial charge in [0.1, 0.15) is 12.1 Å². The van der Waals surface area contributed by atoms with Crippen LogP contribution in [-0.4, -0.2) is 25.3 Å². The molecule has 2 aromatic heterocycles. The molecule has 15 heavy (non-hydrogen) atoms. The number of aromatic nitrogens is 3. The van der Waals surface area contributed by atoms with Crippen molar-refractivity contribution in [3.05, 3.63) is 39.2 Å². The number of carboxylic acids is 1. The molecular formula is C8H7N3O4. The summed E-state index contributed by atoms with van der Waals surface area (Å²) in [6, 6.07) is 3.08. The second-order valence-electron chi connectivity index (χ2n) is 2.97. The Morgan fingerprint density at radius 1 is 1.47 bits per heavy atom. The van der Waals surface area contributed by atoms with Crippen molar-refractivity contribution < 1.29 is 9.90 Å². The maximum absolute atomic E-state index is 11.6. The van der Waals surface area contributed by atoms with Gasteiger partial charge in [0.05, 0.1) is 0 Å². The van der Waals surface area contributed by atoms with Crippen molar-refractivity contribution in [2.45, 2.75) is 6.54 Å². The number of aliphatic carboxylic acids is 1.